The Morgan fingerprint density at radius 1 is 1.29 bits per heavy atom. The fourth-order valence-corrected chi connectivity index (χ4v) is 6.02. The Labute approximate surface area is 144 Å². The van der Waals surface area contributed by atoms with Gasteiger partial charge in [0.1, 0.15) is 5.60 Å². The zero-order valence-corrected chi connectivity index (χ0v) is 15.0. The molecule has 0 aromatic rings. The van der Waals surface area contributed by atoms with Crippen LogP contribution in [0.1, 0.15) is 40.0 Å². The van der Waals surface area contributed by atoms with Gasteiger partial charge in [-0.3, -0.25) is 0 Å². The maximum absolute atomic E-state index is 10.7. The maximum Gasteiger partial charge on any atom is 0.103 e. The quantitative estimate of drug-likeness (QED) is 0.578. The Hall–Kier alpha value is -0.680. The predicted octanol–water partition coefficient (Wildman–Crippen LogP) is 1.88. The summed E-state index contributed by atoms with van der Waals surface area (Å²) >= 11 is 0. The highest BCUT2D eigenvalue weighted by atomic mass is 16.3. The lowest BCUT2D eigenvalue weighted by molar-refractivity contribution is -0.143. The van der Waals surface area contributed by atoms with Gasteiger partial charge in [-0.25, -0.2) is 0 Å². The van der Waals surface area contributed by atoms with Crippen molar-refractivity contribution in [2.45, 2.75) is 51.7 Å². The molecular weight excluding hydrogens is 304 g/mol. The molecule has 0 saturated heterocycles. The van der Waals surface area contributed by atoms with Gasteiger partial charge in [-0.1, -0.05) is 38.5 Å². The summed E-state index contributed by atoms with van der Waals surface area (Å²) in [4.78, 5) is 0. The minimum Gasteiger partial charge on any atom is -0.393 e. The van der Waals surface area contributed by atoms with Gasteiger partial charge in [-0.2, -0.15) is 0 Å². The van der Waals surface area contributed by atoms with Crippen LogP contribution in [-0.2, 0) is 0 Å². The summed E-state index contributed by atoms with van der Waals surface area (Å²) in [5.41, 5.74) is -0.318. The van der Waals surface area contributed by atoms with Crippen molar-refractivity contribution in [1.82, 2.24) is 0 Å². The van der Waals surface area contributed by atoms with Crippen LogP contribution in [0.4, 0.5) is 0 Å². The van der Waals surface area contributed by atoms with Crippen molar-refractivity contribution in [3.8, 4) is 0 Å². The van der Waals surface area contributed by atoms with Crippen LogP contribution >= 0.6 is 0 Å². The Morgan fingerprint density at radius 2 is 2.00 bits per heavy atom. The zero-order chi connectivity index (χ0) is 17.7. The average Bonchev–Trinajstić information content (AvgIpc) is 2.97. The molecule has 0 bridgehead atoms. The molecule has 0 amide bonds. The Balaban J connectivity index is 1.83. The maximum atomic E-state index is 10.7. The molecule has 3 aliphatic carbocycles. The van der Waals surface area contributed by atoms with E-state index in [2.05, 4.69) is 13.8 Å². The molecule has 8 atom stereocenters. The van der Waals surface area contributed by atoms with Crippen molar-refractivity contribution in [3.05, 3.63) is 23.8 Å². The number of aliphatic hydroxyl groups is 4. The van der Waals surface area contributed by atoms with Gasteiger partial charge in [0, 0.05) is 5.41 Å². The summed E-state index contributed by atoms with van der Waals surface area (Å²) < 4.78 is 0. The third-order valence-electron chi connectivity index (χ3n) is 7.36. The second kappa shape index (κ2) is 6.24. The molecule has 4 heteroatoms. The molecule has 0 unspecified atom stereocenters. The van der Waals surface area contributed by atoms with E-state index >= 15 is 0 Å². The van der Waals surface area contributed by atoms with E-state index in [0.29, 0.717) is 23.7 Å². The van der Waals surface area contributed by atoms with Crippen molar-refractivity contribution in [1.29, 1.82) is 0 Å². The van der Waals surface area contributed by atoms with Crippen molar-refractivity contribution in [3.63, 3.8) is 0 Å². The minimum absolute atomic E-state index is 0.00530. The van der Waals surface area contributed by atoms with E-state index < -0.39 is 5.60 Å². The normalized spacial score (nSPS) is 47.4. The number of rotatable bonds is 5. The molecule has 3 aliphatic rings. The van der Waals surface area contributed by atoms with Crippen LogP contribution in [0.5, 0.6) is 0 Å². The standard InChI is InChI=1S/C20H32O4/c1-12-6-7-15-17(12)18-14(9-16(23)20(15,18)3)13(10-21)5-4-8-19(2,24)11-22/h4-5,8,12,14-18,21-24H,6-7,9-11H2,1-3H3/b8-4+,13-5+/t12-,14+,15+,16-,17-,18+,19-,20+/m1/s1. The number of allylic oxidation sites excluding steroid dienone is 2. The van der Waals surface area contributed by atoms with Gasteiger partial charge in [-0.05, 0) is 54.9 Å². The van der Waals surface area contributed by atoms with Crippen LogP contribution in [0.25, 0.3) is 0 Å². The summed E-state index contributed by atoms with van der Waals surface area (Å²) in [6.45, 7) is 5.75. The molecule has 4 nitrogen and oxygen atoms in total. The molecule has 0 spiro atoms. The van der Waals surface area contributed by atoms with Crippen LogP contribution in [0.3, 0.4) is 0 Å². The molecule has 0 heterocycles. The molecule has 3 rings (SSSR count). The molecule has 0 aromatic carbocycles. The first-order valence-corrected chi connectivity index (χ1v) is 9.26. The van der Waals surface area contributed by atoms with Crippen LogP contribution < -0.4 is 0 Å². The van der Waals surface area contributed by atoms with Crippen molar-refractivity contribution in [2.75, 3.05) is 13.2 Å². The Kier molecular flexibility index (Phi) is 4.71. The van der Waals surface area contributed by atoms with E-state index in [4.69, 9.17) is 5.11 Å². The molecule has 24 heavy (non-hydrogen) atoms. The van der Waals surface area contributed by atoms with Gasteiger partial charge in [-0.15, -0.1) is 0 Å². The van der Waals surface area contributed by atoms with Crippen LogP contribution in [0, 0.1) is 35.0 Å². The van der Waals surface area contributed by atoms with Crippen LogP contribution in [0.15, 0.2) is 23.8 Å². The number of fused-ring (bicyclic) bond motifs is 4. The second-order valence-electron chi connectivity index (χ2n) is 8.76. The smallest absolute Gasteiger partial charge is 0.103 e. The minimum atomic E-state index is -1.25. The highest BCUT2D eigenvalue weighted by Crippen LogP contribution is 2.73. The fourth-order valence-electron chi connectivity index (χ4n) is 6.02. The van der Waals surface area contributed by atoms with Gasteiger partial charge in [0.05, 0.1) is 19.3 Å². The predicted molar refractivity (Wildman–Crippen MR) is 93.1 cm³/mol. The van der Waals surface area contributed by atoms with E-state index in [9.17, 15) is 15.3 Å². The molecule has 3 fully saturated rings. The summed E-state index contributed by atoms with van der Waals surface area (Å²) in [6, 6.07) is 0. The molecule has 0 aromatic heterocycles. The van der Waals surface area contributed by atoms with E-state index in [1.165, 1.54) is 12.8 Å². The lowest BCUT2D eigenvalue weighted by atomic mass is 9.46. The van der Waals surface area contributed by atoms with E-state index in [1.807, 2.05) is 6.08 Å². The van der Waals surface area contributed by atoms with Gasteiger partial charge in [0.2, 0.25) is 0 Å². The average molecular weight is 336 g/mol. The van der Waals surface area contributed by atoms with Crippen molar-refractivity contribution in [2.24, 2.45) is 35.0 Å². The zero-order valence-electron chi connectivity index (χ0n) is 15.0. The molecule has 4 N–H and O–H groups in total. The first kappa shape index (κ1) is 18.1. The Morgan fingerprint density at radius 3 is 2.62 bits per heavy atom. The molecule has 3 saturated carbocycles. The number of aliphatic hydroxyl groups excluding tert-OH is 3. The van der Waals surface area contributed by atoms with Crippen molar-refractivity contribution >= 4 is 0 Å². The third-order valence-corrected chi connectivity index (χ3v) is 7.36. The summed E-state index contributed by atoms with van der Waals surface area (Å²) in [5, 5.41) is 39.6. The van der Waals surface area contributed by atoms with Crippen LogP contribution in [0.2, 0.25) is 0 Å². The van der Waals surface area contributed by atoms with E-state index in [-0.39, 0.29) is 30.7 Å². The lowest BCUT2D eigenvalue weighted by Gasteiger charge is -2.58. The number of hydrogen-bond donors (Lipinski definition) is 4. The first-order valence-electron chi connectivity index (χ1n) is 9.26. The third kappa shape index (κ3) is 2.59. The summed E-state index contributed by atoms with van der Waals surface area (Å²) in [6.07, 6.45) is 8.03. The topological polar surface area (TPSA) is 80.9 Å². The van der Waals surface area contributed by atoms with E-state index in [0.717, 1.165) is 12.0 Å². The summed E-state index contributed by atoms with van der Waals surface area (Å²) in [7, 11) is 0. The largest absolute Gasteiger partial charge is 0.393 e. The van der Waals surface area contributed by atoms with Gasteiger partial charge in [0.25, 0.3) is 0 Å². The molecular formula is C20H32O4. The highest BCUT2D eigenvalue weighted by Gasteiger charge is 2.70. The molecule has 0 radical (unpaired) electrons. The fraction of sp³-hybridized carbons (Fsp3) is 0.800. The first-order chi connectivity index (χ1) is 11.3. The Bertz CT molecular complexity index is 538. The lowest BCUT2D eigenvalue weighted by Crippen LogP contribution is -2.57. The highest BCUT2D eigenvalue weighted by molar-refractivity contribution is 5.27. The van der Waals surface area contributed by atoms with Gasteiger partial charge >= 0.3 is 0 Å². The number of hydrogen-bond acceptors (Lipinski definition) is 4. The van der Waals surface area contributed by atoms with Crippen LogP contribution in [-0.4, -0.2) is 45.3 Å². The summed E-state index contributed by atoms with van der Waals surface area (Å²) in [5.74, 6) is 2.65. The SMILES string of the molecule is C[C@@H]1CC[C@H]2[C@@H]1[C@@H]1[C@H](/C(=C/C=C/[C@@](C)(O)CO)CO)C[C@@H](O)[C@@]12C. The van der Waals surface area contributed by atoms with Gasteiger partial charge < -0.3 is 20.4 Å². The second-order valence-corrected chi connectivity index (χ2v) is 8.76. The van der Waals surface area contributed by atoms with Crippen molar-refractivity contribution < 1.29 is 20.4 Å². The molecule has 136 valence electrons. The van der Waals surface area contributed by atoms with Gasteiger partial charge in [0.15, 0.2) is 0 Å². The molecule has 0 aliphatic heterocycles. The monoisotopic (exact) mass is 336 g/mol. The van der Waals surface area contributed by atoms with E-state index in [1.54, 1.807) is 19.1 Å².